The molecule has 27 heavy (non-hydrogen) atoms. The number of aryl methyl sites for hydroxylation is 3. The Balaban J connectivity index is 1.54. The van der Waals surface area contributed by atoms with Crippen LogP contribution >= 0.6 is 11.3 Å². The van der Waals surface area contributed by atoms with Gasteiger partial charge < -0.3 is 0 Å². The molecule has 0 unspecified atom stereocenters. The van der Waals surface area contributed by atoms with Gasteiger partial charge in [-0.1, -0.05) is 59.9 Å². The van der Waals surface area contributed by atoms with Crippen molar-refractivity contribution in [3.63, 3.8) is 0 Å². The van der Waals surface area contributed by atoms with Gasteiger partial charge in [0.2, 0.25) is 4.96 Å². The van der Waals surface area contributed by atoms with E-state index in [1.165, 1.54) is 5.56 Å². The summed E-state index contributed by atoms with van der Waals surface area (Å²) in [5.41, 5.74) is 4.37. The second-order valence-electron chi connectivity index (χ2n) is 6.53. The Labute approximate surface area is 160 Å². The number of nitrogens with zero attached hydrogens (tertiary/aromatic N) is 5. The standard InChI is InChI=1S/C21H17N5S/c1-14-13-17(16-9-5-6-10-18(16)22-14)20-25-26-19(23-24-21(26)27-20)12-11-15-7-3-2-4-8-15/h2-10,13H,11-12H2,1H3. The first kappa shape index (κ1) is 16.1. The molecule has 0 atom stereocenters. The van der Waals surface area contributed by atoms with E-state index in [4.69, 9.17) is 5.10 Å². The first-order valence-electron chi connectivity index (χ1n) is 8.90. The van der Waals surface area contributed by atoms with Crippen molar-refractivity contribution in [2.24, 2.45) is 0 Å². The molecule has 0 saturated heterocycles. The monoisotopic (exact) mass is 371 g/mol. The molecule has 0 spiro atoms. The van der Waals surface area contributed by atoms with Crippen LogP contribution in [0.4, 0.5) is 0 Å². The van der Waals surface area contributed by atoms with Gasteiger partial charge in [0.1, 0.15) is 5.01 Å². The molecular weight excluding hydrogens is 354 g/mol. The van der Waals surface area contributed by atoms with Crippen molar-refractivity contribution in [2.75, 3.05) is 0 Å². The van der Waals surface area contributed by atoms with E-state index < -0.39 is 0 Å². The molecule has 0 radical (unpaired) electrons. The fourth-order valence-corrected chi connectivity index (χ4v) is 4.20. The SMILES string of the molecule is Cc1cc(-c2nn3c(CCc4ccccc4)nnc3s2)c2ccccc2n1. The zero-order valence-corrected chi connectivity index (χ0v) is 15.6. The molecule has 132 valence electrons. The maximum Gasteiger partial charge on any atom is 0.234 e. The highest BCUT2D eigenvalue weighted by molar-refractivity contribution is 7.19. The third kappa shape index (κ3) is 2.98. The van der Waals surface area contributed by atoms with Crippen LogP contribution in [0.15, 0.2) is 60.7 Å². The molecule has 0 amide bonds. The molecule has 5 nitrogen and oxygen atoms in total. The van der Waals surface area contributed by atoms with E-state index in [1.54, 1.807) is 11.3 Å². The van der Waals surface area contributed by atoms with E-state index in [9.17, 15) is 0 Å². The Morgan fingerprint density at radius 2 is 1.74 bits per heavy atom. The molecule has 5 aromatic rings. The summed E-state index contributed by atoms with van der Waals surface area (Å²) in [4.78, 5) is 5.45. The Morgan fingerprint density at radius 1 is 0.926 bits per heavy atom. The quantitative estimate of drug-likeness (QED) is 0.467. The molecule has 0 saturated carbocycles. The molecule has 0 N–H and O–H groups in total. The topological polar surface area (TPSA) is 56.0 Å². The Bertz CT molecular complexity index is 1240. The van der Waals surface area contributed by atoms with E-state index in [2.05, 4.69) is 51.6 Å². The maximum atomic E-state index is 4.83. The van der Waals surface area contributed by atoms with Gasteiger partial charge in [-0.15, -0.1) is 10.2 Å². The van der Waals surface area contributed by atoms with E-state index in [1.807, 2.05) is 35.7 Å². The van der Waals surface area contributed by atoms with Crippen molar-refractivity contribution in [1.82, 2.24) is 24.8 Å². The number of para-hydroxylation sites is 1. The summed E-state index contributed by atoms with van der Waals surface area (Å²) >= 11 is 1.57. The lowest BCUT2D eigenvalue weighted by molar-refractivity contribution is 0.793. The number of aromatic nitrogens is 5. The first-order chi connectivity index (χ1) is 13.3. The molecule has 3 aromatic heterocycles. The van der Waals surface area contributed by atoms with E-state index in [0.717, 1.165) is 50.8 Å². The average Bonchev–Trinajstić information content (AvgIpc) is 3.27. The van der Waals surface area contributed by atoms with Gasteiger partial charge >= 0.3 is 0 Å². The molecule has 0 fully saturated rings. The van der Waals surface area contributed by atoms with Gasteiger partial charge in [0.05, 0.1) is 5.52 Å². The minimum Gasteiger partial charge on any atom is -0.253 e. The summed E-state index contributed by atoms with van der Waals surface area (Å²) in [6, 6.07) is 20.7. The van der Waals surface area contributed by atoms with E-state index in [-0.39, 0.29) is 0 Å². The molecule has 2 aromatic carbocycles. The van der Waals surface area contributed by atoms with Gasteiger partial charge in [0, 0.05) is 23.1 Å². The molecule has 0 aliphatic carbocycles. The number of hydrogen-bond acceptors (Lipinski definition) is 5. The lowest BCUT2D eigenvalue weighted by Crippen LogP contribution is -1.99. The van der Waals surface area contributed by atoms with Crippen LogP contribution in [-0.2, 0) is 12.8 Å². The highest BCUT2D eigenvalue weighted by Gasteiger charge is 2.15. The van der Waals surface area contributed by atoms with Gasteiger partial charge in [-0.2, -0.15) is 9.61 Å². The summed E-state index contributed by atoms with van der Waals surface area (Å²) < 4.78 is 1.88. The Kier molecular flexibility index (Phi) is 3.90. The minimum absolute atomic E-state index is 0.810. The van der Waals surface area contributed by atoms with Crippen LogP contribution in [0.1, 0.15) is 17.1 Å². The fourth-order valence-electron chi connectivity index (χ4n) is 3.31. The zero-order chi connectivity index (χ0) is 18.2. The smallest absolute Gasteiger partial charge is 0.234 e. The van der Waals surface area contributed by atoms with Gasteiger partial charge in [-0.05, 0) is 31.0 Å². The Morgan fingerprint density at radius 3 is 2.63 bits per heavy atom. The predicted molar refractivity (Wildman–Crippen MR) is 108 cm³/mol. The van der Waals surface area contributed by atoms with Crippen LogP contribution in [0.2, 0.25) is 0 Å². The number of fused-ring (bicyclic) bond motifs is 2. The summed E-state index contributed by atoms with van der Waals surface area (Å²) in [7, 11) is 0. The number of benzene rings is 2. The highest BCUT2D eigenvalue weighted by atomic mass is 32.1. The van der Waals surface area contributed by atoms with Gasteiger partial charge in [0.25, 0.3) is 0 Å². The molecule has 0 aliphatic heterocycles. The largest absolute Gasteiger partial charge is 0.253 e. The molecule has 6 heteroatoms. The van der Waals surface area contributed by atoms with Gasteiger partial charge in [-0.3, -0.25) is 4.98 Å². The molecule has 0 bridgehead atoms. The van der Waals surface area contributed by atoms with E-state index >= 15 is 0 Å². The third-order valence-corrected chi connectivity index (χ3v) is 5.54. The summed E-state index contributed by atoms with van der Waals surface area (Å²) in [6.45, 7) is 2.02. The first-order valence-corrected chi connectivity index (χ1v) is 9.71. The zero-order valence-electron chi connectivity index (χ0n) is 14.8. The van der Waals surface area contributed by atoms with Gasteiger partial charge in [0.15, 0.2) is 5.82 Å². The molecular formula is C21H17N5S. The third-order valence-electron chi connectivity index (χ3n) is 4.61. The molecule has 5 rings (SSSR count). The minimum atomic E-state index is 0.810. The van der Waals surface area contributed by atoms with Crippen LogP contribution in [0.5, 0.6) is 0 Å². The van der Waals surface area contributed by atoms with E-state index in [0.29, 0.717) is 0 Å². The molecule has 0 aliphatic rings. The van der Waals surface area contributed by atoms with Crippen LogP contribution in [0, 0.1) is 6.92 Å². The Hall–Kier alpha value is -3.12. The number of hydrogen-bond donors (Lipinski definition) is 0. The van der Waals surface area contributed by atoms with Crippen molar-refractivity contribution in [2.45, 2.75) is 19.8 Å². The number of pyridine rings is 1. The van der Waals surface area contributed by atoms with Gasteiger partial charge in [-0.25, -0.2) is 0 Å². The lowest BCUT2D eigenvalue weighted by atomic mass is 10.1. The van der Waals surface area contributed by atoms with Crippen molar-refractivity contribution in [3.05, 3.63) is 77.7 Å². The van der Waals surface area contributed by atoms with Crippen molar-refractivity contribution in [1.29, 1.82) is 0 Å². The van der Waals surface area contributed by atoms with Crippen LogP contribution < -0.4 is 0 Å². The van der Waals surface area contributed by atoms with Crippen molar-refractivity contribution < 1.29 is 0 Å². The second-order valence-corrected chi connectivity index (χ2v) is 7.49. The normalized spacial score (nSPS) is 11.4. The second kappa shape index (κ2) is 6.55. The van der Waals surface area contributed by atoms with Crippen LogP contribution in [0.25, 0.3) is 26.4 Å². The summed E-state index contributed by atoms with van der Waals surface area (Å²) in [5.74, 6) is 0.895. The van der Waals surface area contributed by atoms with Crippen molar-refractivity contribution >= 4 is 27.2 Å². The summed E-state index contributed by atoms with van der Waals surface area (Å²) in [6.07, 6.45) is 1.73. The van der Waals surface area contributed by atoms with Crippen LogP contribution in [0.3, 0.4) is 0 Å². The number of rotatable bonds is 4. The predicted octanol–water partition coefficient (Wildman–Crippen LogP) is 4.49. The summed E-state index contributed by atoms with van der Waals surface area (Å²) in [5, 5.41) is 15.6. The maximum absolute atomic E-state index is 4.83. The lowest BCUT2D eigenvalue weighted by Gasteiger charge is -2.04. The average molecular weight is 371 g/mol. The van der Waals surface area contributed by atoms with Crippen molar-refractivity contribution in [3.8, 4) is 10.6 Å². The fraction of sp³-hybridized carbons (Fsp3) is 0.143. The highest BCUT2D eigenvalue weighted by Crippen LogP contribution is 2.31. The molecule has 3 heterocycles. The van der Waals surface area contributed by atoms with Crippen LogP contribution in [-0.4, -0.2) is 24.8 Å².